The number of imidazole rings is 1. The van der Waals surface area contributed by atoms with Crippen molar-refractivity contribution in [2.45, 2.75) is 25.2 Å². The molecule has 3 aromatic rings. The van der Waals surface area contributed by atoms with E-state index in [2.05, 4.69) is 9.55 Å². The van der Waals surface area contributed by atoms with E-state index in [1.807, 2.05) is 27.8 Å². The molecule has 2 aliphatic heterocycles. The van der Waals surface area contributed by atoms with Crippen molar-refractivity contribution in [1.29, 1.82) is 0 Å². The number of nitrogens with zero attached hydrogens (tertiary/aromatic N) is 3. The summed E-state index contributed by atoms with van der Waals surface area (Å²) in [5.41, 5.74) is 2.00. The van der Waals surface area contributed by atoms with Crippen molar-refractivity contribution in [3.8, 4) is 11.3 Å². The maximum atomic E-state index is 13.7. The molecular formula is C20H18FN3O2S. The molecule has 5 nitrogen and oxygen atoms in total. The monoisotopic (exact) mass is 383 g/mol. The van der Waals surface area contributed by atoms with Crippen molar-refractivity contribution in [3.05, 3.63) is 64.5 Å². The van der Waals surface area contributed by atoms with Gasteiger partial charge in [0.05, 0.1) is 30.5 Å². The first-order valence-corrected chi connectivity index (χ1v) is 9.84. The predicted octanol–water partition coefficient (Wildman–Crippen LogP) is 3.57. The van der Waals surface area contributed by atoms with Crippen LogP contribution in [0.2, 0.25) is 0 Å². The zero-order valence-electron chi connectivity index (χ0n) is 14.6. The molecule has 0 bridgehead atoms. The van der Waals surface area contributed by atoms with E-state index in [0.29, 0.717) is 26.2 Å². The van der Waals surface area contributed by atoms with Gasteiger partial charge >= 0.3 is 0 Å². The molecule has 0 unspecified atom stereocenters. The molecule has 1 fully saturated rings. The first-order chi connectivity index (χ1) is 13.1. The minimum atomic E-state index is -0.415. The van der Waals surface area contributed by atoms with Crippen molar-refractivity contribution in [2.75, 3.05) is 13.1 Å². The molecule has 4 heterocycles. The van der Waals surface area contributed by atoms with Gasteiger partial charge in [0.1, 0.15) is 23.8 Å². The Labute approximate surface area is 160 Å². The van der Waals surface area contributed by atoms with Crippen LogP contribution in [0, 0.1) is 5.82 Å². The van der Waals surface area contributed by atoms with Crippen molar-refractivity contribution in [1.82, 2.24) is 14.5 Å². The standard InChI is InChI=1S/C20H18FN3O2S/c21-16-3-1-2-14(8-16)17-9-22-18-10-26-20(13-24(17)18)5-6-23(12-20)19(25)15-4-7-27-11-15/h1-4,7-9,11H,5-6,10,12-13H2/t20-/m0/s1. The fourth-order valence-corrected chi connectivity index (χ4v) is 4.60. The highest BCUT2D eigenvalue weighted by Gasteiger charge is 2.44. The molecule has 1 aromatic carbocycles. The number of thiophene rings is 1. The number of hydrogen-bond acceptors (Lipinski definition) is 4. The lowest BCUT2D eigenvalue weighted by molar-refractivity contribution is -0.0804. The summed E-state index contributed by atoms with van der Waals surface area (Å²) in [5.74, 6) is 0.624. The summed E-state index contributed by atoms with van der Waals surface area (Å²) >= 11 is 1.52. The number of fused-ring (bicyclic) bond motifs is 1. The lowest BCUT2D eigenvalue weighted by Crippen LogP contribution is -2.45. The fourth-order valence-electron chi connectivity index (χ4n) is 3.97. The van der Waals surface area contributed by atoms with Crippen LogP contribution in [0.15, 0.2) is 47.3 Å². The quantitative estimate of drug-likeness (QED) is 0.680. The number of halogens is 1. The van der Waals surface area contributed by atoms with E-state index < -0.39 is 5.60 Å². The molecule has 5 rings (SSSR count). The molecule has 1 saturated heterocycles. The van der Waals surface area contributed by atoms with E-state index in [1.165, 1.54) is 23.5 Å². The minimum absolute atomic E-state index is 0.0542. The zero-order chi connectivity index (χ0) is 18.4. The minimum Gasteiger partial charge on any atom is -0.363 e. The van der Waals surface area contributed by atoms with Crippen LogP contribution in [0.25, 0.3) is 11.3 Å². The second-order valence-electron chi connectivity index (χ2n) is 7.12. The van der Waals surface area contributed by atoms with E-state index in [9.17, 15) is 9.18 Å². The number of carbonyl (C=O) groups is 1. The molecule has 2 aliphatic rings. The van der Waals surface area contributed by atoms with Crippen LogP contribution in [0.5, 0.6) is 0 Å². The van der Waals surface area contributed by atoms with Gasteiger partial charge < -0.3 is 14.2 Å². The lowest BCUT2D eigenvalue weighted by atomic mass is 10.0. The Morgan fingerprint density at radius 2 is 2.22 bits per heavy atom. The highest BCUT2D eigenvalue weighted by molar-refractivity contribution is 7.08. The second-order valence-corrected chi connectivity index (χ2v) is 7.90. The molecule has 1 atom stereocenters. The van der Waals surface area contributed by atoms with Crippen molar-refractivity contribution in [3.63, 3.8) is 0 Å². The molecule has 27 heavy (non-hydrogen) atoms. The van der Waals surface area contributed by atoms with Gasteiger partial charge in [-0.2, -0.15) is 11.3 Å². The van der Waals surface area contributed by atoms with Crippen LogP contribution in [0.1, 0.15) is 22.6 Å². The van der Waals surface area contributed by atoms with E-state index in [4.69, 9.17) is 4.74 Å². The van der Waals surface area contributed by atoms with E-state index in [-0.39, 0.29) is 11.7 Å². The average Bonchev–Trinajstić information content (AvgIpc) is 3.41. The third-order valence-electron chi connectivity index (χ3n) is 5.38. The smallest absolute Gasteiger partial charge is 0.254 e. The molecule has 138 valence electrons. The van der Waals surface area contributed by atoms with Gasteiger partial charge in [-0.15, -0.1) is 0 Å². The molecule has 1 amide bonds. The topological polar surface area (TPSA) is 47.4 Å². The van der Waals surface area contributed by atoms with Crippen LogP contribution >= 0.6 is 11.3 Å². The number of hydrogen-bond donors (Lipinski definition) is 0. The summed E-state index contributed by atoms with van der Waals surface area (Å²) in [6.45, 7) is 2.24. The maximum absolute atomic E-state index is 13.7. The van der Waals surface area contributed by atoms with Crippen molar-refractivity contribution >= 4 is 17.2 Å². The normalized spacial score (nSPS) is 21.6. The SMILES string of the molecule is O=C(c1ccsc1)N1CC[C@]2(C1)Cn1c(-c3cccc(F)c3)cnc1CO2. The van der Waals surface area contributed by atoms with Gasteiger partial charge in [0, 0.05) is 17.5 Å². The van der Waals surface area contributed by atoms with Gasteiger partial charge in [-0.3, -0.25) is 4.79 Å². The lowest BCUT2D eigenvalue weighted by Gasteiger charge is -2.35. The van der Waals surface area contributed by atoms with Crippen molar-refractivity contribution < 1.29 is 13.9 Å². The van der Waals surface area contributed by atoms with Crippen LogP contribution < -0.4 is 0 Å². The molecule has 2 aromatic heterocycles. The number of ether oxygens (including phenoxy) is 1. The molecule has 0 saturated carbocycles. The summed E-state index contributed by atoms with van der Waals surface area (Å²) in [5, 5.41) is 3.80. The summed E-state index contributed by atoms with van der Waals surface area (Å²) in [6, 6.07) is 8.41. The first-order valence-electron chi connectivity index (χ1n) is 8.89. The molecular weight excluding hydrogens is 365 g/mol. The Balaban J connectivity index is 1.41. The molecule has 1 spiro atoms. The van der Waals surface area contributed by atoms with Gasteiger partial charge in [-0.1, -0.05) is 12.1 Å². The average molecular weight is 383 g/mol. The van der Waals surface area contributed by atoms with E-state index in [1.54, 1.807) is 12.3 Å². The third-order valence-corrected chi connectivity index (χ3v) is 6.07. The number of carbonyl (C=O) groups excluding carboxylic acids is 1. The molecule has 0 radical (unpaired) electrons. The highest BCUT2D eigenvalue weighted by Crippen LogP contribution is 2.35. The van der Waals surface area contributed by atoms with Crippen molar-refractivity contribution in [2.24, 2.45) is 0 Å². The van der Waals surface area contributed by atoms with Gasteiger partial charge in [0.25, 0.3) is 5.91 Å². The first kappa shape index (κ1) is 16.6. The molecule has 0 aliphatic carbocycles. The Bertz CT molecular complexity index is 1000. The zero-order valence-corrected chi connectivity index (χ0v) is 15.4. The van der Waals surface area contributed by atoms with E-state index in [0.717, 1.165) is 29.1 Å². The Morgan fingerprint density at radius 1 is 1.30 bits per heavy atom. The number of amides is 1. The second kappa shape index (κ2) is 6.28. The van der Waals surface area contributed by atoms with Crippen LogP contribution in [-0.2, 0) is 17.9 Å². The number of aromatic nitrogens is 2. The largest absolute Gasteiger partial charge is 0.363 e. The van der Waals surface area contributed by atoms with Gasteiger partial charge in [0.15, 0.2) is 0 Å². The molecule has 0 N–H and O–H groups in total. The summed E-state index contributed by atoms with van der Waals surface area (Å²) < 4.78 is 21.9. The predicted molar refractivity (Wildman–Crippen MR) is 100.0 cm³/mol. The third kappa shape index (κ3) is 2.87. The van der Waals surface area contributed by atoms with Gasteiger partial charge in [-0.25, -0.2) is 9.37 Å². The maximum Gasteiger partial charge on any atom is 0.254 e. The van der Waals surface area contributed by atoms with Crippen LogP contribution in [0.4, 0.5) is 4.39 Å². The number of likely N-dealkylation sites (tertiary alicyclic amines) is 1. The number of rotatable bonds is 2. The highest BCUT2D eigenvalue weighted by atomic mass is 32.1. The summed E-state index contributed by atoms with van der Waals surface area (Å²) in [4.78, 5) is 19.0. The molecule has 7 heteroatoms. The Hall–Kier alpha value is -2.51. The van der Waals surface area contributed by atoms with Gasteiger partial charge in [0.2, 0.25) is 0 Å². The Kier molecular flexibility index (Phi) is 3.87. The van der Waals surface area contributed by atoms with Crippen LogP contribution in [0.3, 0.4) is 0 Å². The number of benzene rings is 1. The Morgan fingerprint density at radius 3 is 3.04 bits per heavy atom. The van der Waals surface area contributed by atoms with E-state index >= 15 is 0 Å². The van der Waals surface area contributed by atoms with Crippen LogP contribution in [-0.4, -0.2) is 39.0 Å². The summed E-state index contributed by atoms with van der Waals surface area (Å²) in [7, 11) is 0. The fraction of sp³-hybridized carbons (Fsp3) is 0.300. The summed E-state index contributed by atoms with van der Waals surface area (Å²) in [6.07, 6.45) is 2.55. The van der Waals surface area contributed by atoms with Gasteiger partial charge in [-0.05, 0) is 30.0 Å².